The number of carbonyl (C=O) groups excluding carboxylic acids is 1. The van der Waals surface area contributed by atoms with Gasteiger partial charge in [0.05, 0.1) is 25.7 Å². The molecule has 0 aliphatic carbocycles. The average Bonchev–Trinajstić information content (AvgIpc) is 2.70. The number of carbonyl (C=O) groups is 1. The van der Waals surface area contributed by atoms with Crippen LogP contribution >= 0.6 is 0 Å². The summed E-state index contributed by atoms with van der Waals surface area (Å²) >= 11 is 0. The summed E-state index contributed by atoms with van der Waals surface area (Å²) in [7, 11) is 2.75. The molecule has 9 heteroatoms. The average molecular weight is 375 g/mol. The van der Waals surface area contributed by atoms with Gasteiger partial charge < -0.3 is 23.7 Å². The van der Waals surface area contributed by atoms with E-state index in [1.807, 2.05) is 0 Å². The van der Waals surface area contributed by atoms with Crippen LogP contribution in [0.5, 0.6) is 17.2 Å². The molecule has 3 rings (SSSR count). The van der Waals surface area contributed by atoms with Crippen LogP contribution in [-0.4, -0.2) is 31.9 Å². The van der Waals surface area contributed by atoms with E-state index < -0.39 is 10.9 Å². The Bertz CT molecular complexity index is 880. The maximum absolute atomic E-state index is 11.9. The summed E-state index contributed by atoms with van der Waals surface area (Å²) < 4.78 is 26.3. The fourth-order valence-corrected chi connectivity index (χ4v) is 2.68. The Hall–Kier alpha value is -3.33. The van der Waals surface area contributed by atoms with Crippen LogP contribution in [0.25, 0.3) is 0 Å². The van der Waals surface area contributed by atoms with Crippen LogP contribution in [0.4, 0.5) is 5.69 Å². The van der Waals surface area contributed by atoms with E-state index in [1.54, 1.807) is 12.1 Å². The van der Waals surface area contributed by atoms with Crippen molar-refractivity contribution in [3.05, 3.63) is 57.1 Å². The largest absolute Gasteiger partial charge is 0.497 e. The number of nitrogens with zero attached hydrogens (tertiary/aromatic N) is 1. The van der Waals surface area contributed by atoms with Crippen molar-refractivity contribution in [2.24, 2.45) is 0 Å². The first kappa shape index (κ1) is 18.5. The van der Waals surface area contributed by atoms with Gasteiger partial charge in [-0.15, -0.1) is 0 Å². The van der Waals surface area contributed by atoms with Gasteiger partial charge in [0.1, 0.15) is 29.4 Å². The van der Waals surface area contributed by atoms with Crippen molar-refractivity contribution in [1.29, 1.82) is 0 Å². The van der Waals surface area contributed by atoms with Crippen LogP contribution in [0, 0.1) is 10.1 Å². The van der Waals surface area contributed by atoms with Gasteiger partial charge in [-0.3, -0.25) is 10.1 Å². The summed E-state index contributed by atoms with van der Waals surface area (Å²) in [5, 5.41) is 11.2. The zero-order valence-electron chi connectivity index (χ0n) is 14.7. The minimum Gasteiger partial charge on any atom is -0.497 e. The standard InChI is InChI=1S/C18H17NO8/c1-23-14-3-4-15(18(20)24-2)16(7-14)26-9-12-6-13(19(21)22)5-11-8-25-10-27-17(11)12/h3-7H,8-10H2,1-2H3. The summed E-state index contributed by atoms with van der Waals surface area (Å²) in [6.45, 7) is 0.197. The van der Waals surface area contributed by atoms with Gasteiger partial charge in [0.15, 0.2) is 6.79 Å². The summed E-state index contributed by atoms with van der Waals surface area (Å²) in [5.41, 5.74) is 1.15. The zero-order valence-corrected chi connectivity index (χ0v) is 14.7. The number of hydrogen-bond donors (Lipinski definition) is 0. The second-order valence-corrected chi connectivity index (χ2v) is 5.60. The first-order valence-corrected chi connectivity index (χ1v) is 7.93. The highest BCUT2D eigenvalue weighted by atomic mass is 16.7. The number of benzene rings is 2. The molecule has 2 aromatic carbocycles. The Balaban J connectivity index is 1.94. The van der Waals surface area contributed by atoms with Gasteiger partial charge in [0, 0.05) is 29.3 Å². The lowest BCUT2D eigenvalue weighted by atomic mass is 10.1. The number of non-ortho nitro benzene ring substituents is 1. The predicted molar refractivity (Wildman–Crippen MR) is 92.0 cm³/mol. The lowest BCUT2D eigenvalue weighted by molar-refractivity contribution is -0.385. The van der Waals surface area contributed by atoms with Crippen molar-refractivity contribution in [2.45, 2.75) is 13.2 Å². The molecule has 0 aromatic heterocycles. The summed E-state index contributed by atoms with van der Waals surface area (Å²) in [4.78, 5) is 22.6. The molecule has 27 heavy (non-hydrogen) atoms. The van der Waals surface area contributed by atoms with Gasteiger partial charge in [-0.2, -0.15) is 0 Å². The van der Waals surface area contributed by atoms with Crippen LogP contribution in [0.1, 0.15) is 21.5 Å². The Morgan fingerprint density at radius 3 is 2.78 bits per heavy atom. The molecule has 0 N–H and O–H groups in total. The van der Waals surface area contributed by atoms with E-state index in [0.717, 1.165) is 0 Å². The normalized spacial score (nSPS) is 12.5. The Morgan fingerprint density at radius 2 is 2.07 bits per heavy atom. The monoisotopic (exact) mass is 375 g/mol. The predicted octanol–water partition coefficient (Wildman–Crippen LogP) is 2.84. The van der Waals surface area contributed by atoms with Crippen molar-refractivity contribution in [1.82, 2.24) is 0 Å². The molecule has 0 bridgehead atoms. The Labute approximate surface area is 154 Å². The highest BCUT2D eigenvalue weighted by Crippen LogP contribution is 2.34. The number of ether oxygens (including phenoxy) is 5. The first-order valence-electron chi connectivity index (χ1n) is 7.93. The molecule has 0 unspecified atom stereocenters. The quantitative estimate of drug-likeness (QED) is 0.431. The molecule has 1 aliphatic heterocycles. The van der Waals surface area contributed by atoms with E-state index in [0.29, 0.717) is 22.6 Å². The van der Waals surface area contributed by atoms with E-state index in [4.69, 9.17) is 23.7 Å². The SMILES string of the molecule is COC(=O)c1ccc(OC)cc1OCc1cc([N+](=O)[O-])cc2c1OCOC2. The molecule has 0 atom stereocenters. The van der Waals surface area contributed by atoms with Gasteiger partial charge in [-0.1, -0.05) is 0 Å². The second kappa shape index (κ2) is 7.92. The molecule has 0 saturated carbocycles. The maximum atomic E-state index is 11.9. The molecule has 1 aliphatic rings. The molecule has 0 amide bonds. The molecule has 0 saturated heterocycles. The van der Waals surface area contributed by atoms with Gasteiger partial charge in [0.25, 0.3) is 5.69 Å². The van der Waals surface area contributed by atoms with Crippen molar-refractivity contribution in [2.75, 3.05) is 21.0 Å². The van der Waals surface area contributed by atoms with Gasteiger partial charge in [0.2, 0.25) is 0 Å². The molecule has 2 aromatic rings. The summed E-state index contributed by atoms with van der Waals surface area (Å²) in [6, 6.07) is 7.45. The topological polar surface area (TPSA) is 106 Å². The van der Waals surface area contributed by atoms with Crippen LogP contribution in [0.3, 0.4) is 0 Å². The van der Waals surface area contributed by atoms with E-state index in [9.17, 15) is 14.9 Å². The van der Waals surface area contributed by atoms with E-state index in [1.165, 1.54) is 32.4 Å². The van der Waals surface area contributed by atoms with Crippen LogP contribution < -0.4 is 14.2 Å². The second-order valence-electron chi connectivity index (χ2n) is 5.60. The number of nitro groups is 1. The highest BCUT2D eigenvalue weighted by Gasteiger charge is 2.22. The van der Waals surface area contributed by atoms with Crippen molar-refractivity contribution >= 4 is 11.7 Å². The molecule has 0 radical (unpaired) electrons. The van der Waals surface area contributed by atoms with Crippen LogP contribution in [-0.2, 0) is 22.7 Å². The fourth-order valence-electron chi connectivity index (χ4n) is 2.68. The lowest BCUT2D eigenvalue weighted by Crippen LogP contribution is -2.15. The number of esters is 1. The number of hydrogen-bond acceptors (Lipinski definition) is 8. The molecule has 1 heterocycles. The lowest BCUT2D eigenvalue weighted by Gasteiger charge is -2.21. The molecule has 9 nitrogen and oxygen atoms in total. The maximum Gasteiger partial charge on any atom is 0.341 e. The third kappa shape index (κ3) is 3.93. The minimum absolute atomic E-state index is 0.0460. The number of fused-ring (bicyclic) bond motifs is 1. The highest BCUT2D eigenvalue weighted by molar-refractivity contribution is 5.92. The number of methoxy groups -OCH3 is 2. The molecule has 142 valence electrons. The Kier molecular flexibility index (Phi) is 5.41. The molecule has 0 spiro atoms. The number of nitro benzene ring substituents is 1. The smallest absolute Gasteiger partial charge is 0.341 e. The summed E-state index contributed by atoms with van der Waals surface area (Å²) in [5.74, 6) is 0.629. The van der Waals surface area contributed by atoms with Gasteiger partial charge in [-0.25, -0.2) is 4.79 Å². The van der Waals surface area contributed by atoms with Crippen molar-refractivity contribution in [3.63, 3.8) is 0 Å². The Morgan fingerprint density at radius 1 is 1.26 bits per heavy atom. The molecule has 0 fully saturated rings. The van der Waals surface area contributed by atoms with E-state index >= 15 is 0 Å². The third-order valence-electron chi connectivity index (χ3n) is 3.96. The third-order valence-corrected chi connectivity index (χ3v) is 3.96. The van der Waals surface area contributed by atoms with E-state index in [-0.39, 0.29) is 37.0 Å². The number of rotatable bonds is 6. The van der Waals surface area contributed by atoms with Crippen LogP contribution in [0.15, 0.2) is 30.3 Å². The first-order chi connectivity index (χ1) is 13.0. The van der Waals surface area contributed by atoms with Crippen molar-refractivity contribution in [3.8, 4) is 17.2 Å². The minimum atomic E-state index is -0.571. The van der Waals surface area contributed by atoms with Gasteiger partial charge in [-0.05, 0) is 12.1 Å². The summed E-state index contributed by atoms with van der Waals surface area (Å²) in [6.07, 6.45) is 0. The van der Waals surface area contributed by atoms with Crippen molar-refractivity contribution < 1.29 is 33.4 Å². The fraction of sp³-hybridized carbons (Fsp3) is 0.278. The van der Waals surface area contributed by atoms with E-state index in [2.05, 4.69) is 0 Å². The molecular weight excluding hydrogens is 358 g/mol. The zero-order chi connectivity index (χ0) is 19.4. The van der Waals surface area contributed by atoms with Crippen LogP contribution in [0.2, 0.25) is 0 Å². The van der Waals surface area contributed by atoms with Gasteiger partial charge >= 0.3 is 5.97 Å². The molecular formula is C18H17NO8.